The first-order valence-electron chi connectivity index (χ1n) is 9.93. The van der Waals surface area contributed by atoms with Crippen LogP contribution in [-0.4, -0.2) is 37.1 Å². The zero-order valence-electron chi connectivity index (χ0n) is 17.5. The Labute approximate surface area is 191 Å². The molecule has 4 rings (SSSR count). The molecule has 172 valence electrons. The number of rotatable bonds is 8. The van der Waals surface area contributed by atoms with E-state index >= 15 is 0 Å². The van der Waals surface area contributed by atoms with E-state index in [1.54, 1.807) is 25.3 Å². The summed E-state index contributed by atoms with van der Waals surface area (Å²) in [7, 11) is 0. The second-order valence-electron chi connectivity index (χ2n) is 7.13. The Kier molecular flexibility index (Phi) is 6.63. The molecule has 0 saturated carbocycles. The molecule has 0 saturated heterocycles. The quantitative estimate of drug-likeness (QED) is 0.362. The van der Waals surface area contributed by atoms with E-state index in [1.807, 2.05) is 0 Å². The van der Waals surface area contributed by atoms with Crippen molar-refractivity contribution in [3.8, 4) is 5.75 Å². The number of halogens is 2. The van der Waals surface area contributed by atoms with Gasteiger partial charge in [0.25, 0.3) is 5.91 Å². The summed E-state index contributed by atoms with van der Waals surface area (Å²) < 4.78 is 35.0. The molecular weight excluding hydrogens is 454 g/mol. The highest BCUT2D eigenvalue weighted by Crippen LogP contribution is 2.25. The molecule has 1 unspecified atom stereocenters. The summed E-state index contributed by atoms with van der Waals surface area (Å²) in [6.07, 6.45) is 3.10. The SMILES string of the molecule is Cc1nc2c(OCc3c(F)cccc3F)cccn2c1C(=O)NC(CO)c1ncc(CO)s1. The molecule has 3 heterocycles. The monoisotopic (exact) mass is 474 g/mol. The highest BCUT2D eigenvalue weighted by atomic mass is 32.1. The number of aliphatic hydroxyl groups excluding tert-OH is 2. The van der Waals surface area contributed by atoms with Crippen molar-refractivity contribution in [3.63, 3.8) is 0 Å². The maximum atomic E-state index is 13.9. The predicted molar refractivity (Wildman–Crippen MR) is 116 cm³/mol. The fourth-order valence-electron chi connectivity index (χ4n) is 3.33. The number of aryl methyl sites for hydroxylation is 1. The maximum absolute atomic E-state index is 13.9. The van der Waals surface area contributed by atoms with Crippen LogP contribution in [0.2, 0.25) is 0 Å². The highest BCUT2D eigenvalue weighted by Gasteiger charge is 2.24. The number of aliphatic hydroxyl groups is 2. The van der Waals surface area contributed by atoms with Crippen molar-refractivity contribution in [1.82, 2.24) is 19.7 Å². The zero-order valence-corrected chi connectivity index (χ0v) is 18.3. The molecule has 4 aromatic rings. The molecule has 3 aromatic heterocycles. The van der Waals surface area contributed by atoms with E-state index in [2.05, 4.69) is 15.3 Å². The number of imidazole rings is 1. The lowest BCUT2D eigenvalue weighted by Crippen LogP contribution is -2.32. The first kappa shape index (κ1) is 22.8. The third-order valence-electron chi connectivity index (χ3n) is 4.95. The number of benzene rings is 1. The van der Waals surface area contributed by atoms with Crippen LogP contribution in [0, 0.1) is 18.6 Å². The lowest BCUT2D eigenvalue weighted by Gasteiger charge is -2.14. The second kappa shape index (κ2) is 9.61. The van der Waals surface area contributed by atoms with Gasteiger partial charge in [0.2, 0.25) is 0 Å². The number of aromatic nitrogens is 3. The maximum Gasteiger partial charge on any atom is 0.270 e. The number of carbonyl (C=O) groups is 1. The topological polar surface area (TPSA) is 109 Å². The van der Waals surface area contributed by atoms with E-state index < -0.39 is 23.6 Å². The van der Waals surface area contributed by atoms with Crippen LogP contribution in [-0.2, 0) is 13.2 Å². The average Bonchev–Trinajstić information content (AvgIpc) is 3.41. The number of hydrogen-bond acceptors (Lipinski definition) is 7. The molecule has 0 aliphatic rings. The van der Waals surface area contributed by atoms with Gasteiger partial charge in [-0.2, -0.15) is 0 Å². The van der Waals surface area contributed by atoms with Crippen molar-refractivity contribution in [2.75, 3.05) is 6.61 Å². The van der Waals surface area contributed by atoms with Crippen molar-refractivity contribution >= 4 is 22.9 Å². The zero-order chi connectivity index (χ0) is 23.5. The van der Waals surface area contributed by atoms with Gasteiger partial charge < -0.3 is 20.3 Å². The van der Waals surface area contributed by atoms with Crippen molar-refractivity contribution < 1.29 is 28.5 Å². The summed E-state index contributed by atoms with van der Waals surface area (Å²) in [4.78, 5) is 22.2. The highest BCUT2D eigenvalue weighted by molar-refractivity contribution is 7.11. The molecule has 0 fully saturated rings. The summed E-state index contributed by atoms with van der Waals surface area (Å²) in [6.45, 7) is 0.719. The van der Waals surface area contributed by atoms with Crippen LogP contribution in [0.25, 0.3) is 5.65 Å². The molecule has 11 heteroatoms. The molecule has 8 nitrogen and oxygen atoms in total. The van der Waals surface area contributed by atoms with Crippen LogP contribution < -0.4 is 10.1 Å². The number of carbonyl (C=O) groups excluding carboxylic acids is 1. The van der Waals surface area contributed by atoms with Crippen molar-refractivity contribution in [2.45, 2.75) is 26.2 Å². The third-order valence-corrected chi connectivity index (χ3v) is 6.05. The van der Waals surface area contributed by atoms with Gasteiger partial charge in [-0.3, -0.25) is 9.20 Å². The normalized spacial score (nSPS) is 12.2. The number of thiazole rings is 1. The number of hydrogen-bond donors (Lipinski definition) is 3. The molecule has 0 radical (unpaired) electrons. The summed E-state index contributed by atoms with van der Waals surface area (Å²) in [5, 5.41) is 22.1. The first-order chi connectivity index (χ1) is 15.9. The van der Waals surface area contributed by atoms with Gasteiger partial charge in [0, 0.05) is 12.4 Å². The van der Waals surface area contributed by atoms with E-state index in [-0.39, 0.29) is 36.8 Å². The van der Waals surface area contributed by atoms with Crippen LogP contribution in [0.3, 0.4) is 0 Å². The lowest BCUT2D eigenvalue weighted by atomic mass is 10.2. The van der Waals surface area contributed by atoms with E-state index in [0.717, 1.165) is 12.1 Å². The average molecular weight is 474 g/mol. The number of pyridine rings is 1. The van der Waals surface area contributed by atoms with E-state index in [9.17, 15) is 23.8 Å². The number of ether oxygens (including phenoxy) is 1. The van der Waals surface area contributed by atoms with Gasteiger partial charge in [-0.25, -0.2) is 18.7 Å². The number of amides is 1. The fraction of sp³-hybridized carbons (Fsp3) is 0.227. The van der Waals surface area contributed by atoms with Gasteiger partial charge in [-0.15, -0.1) is 11.3 Å². The largest absolute Gasteiger partial charge is 0.485 e. The van der Waals surface area contributed by atoms with Gasteiger partial charge in [-0.1, -0.05) is 6.07 Å². The van der Waals surface area contributed by atoms with Crippen LogP contribution in [0.15, 0.2) is 42.7 Å². The van der Waals surface area contributed by atoms with Crippen LogP contribution in [0.1, 0.15) is 37.7 Å². The standard InChI is InChI=1S/C22H20F2N4O4S/c1-12-19(21(31)27-17(10-30)22-25-8-13(9-29)33-22)28-7-3-6-18(20(28)26-12)32-11-14-15(23)4-2-5-16(14)24/h2-8,17,29-30H,9-11H2,1H3,(H,27,31). The van der Waals surface area contributed by atoms with Crippen molar-refractivity contribution in [3.05, 3.63) is 81.2 Å². The van der Waals surface area contributed by atoms with Crippen LogP contribution in [0.4, 0.5) is 8.78 Å². The fourth-order valence-corrected chi connectivity index (χ4v) is 4.15. The Hall–Kier alpha value is -3.41. The van der Waals surface area contributed by atoms with Crippen LogP contribution in [0.5, 0.6) is 5.75 Å². The molecule has 0 spiro atoms. The molecule has 1 aromatic carbocycles. The molecule has 0 bridgehead atoms. The van der Waals surface area contributed by atoms with Gasteiger partial charge in [0.05, 0.1) is 29.3 Å². The number of nitrogens with one attached hydrogen (secondary N) is 1. The minimum Gasteiger partial charge on any atom is -0.485 e. The van der Waals surface area contributed by atoms with Crippen molar-refractivity contribution in [2.24, 2.45) is 0 Å². The van der Waals surface area contributed by atoms with Gasteiger partial charge >= 0.3 is 0 Å². The van der Waals surface area contributed by atoms with Gasteiger partial charge in [-0.05, 0) is 31.2 Å². The molecule has 0 aliphatic carbocycles. The van der Waals surface area contributed by atoms with E-state index in [0.29, 0.717) is 21.2 Å². The second-order valence-corrected chi connectivity index (χ2v) is 8.28. The lowest BCUT2D eigenvalue weighted by molar-refractivity contribution is 0.0909. The van der Waals surface area contributed by atoms with Gasteiger partial charge in [0.1, 0.15) is 35.0 Å². The molecule has 1 atom stereocenters. The minimum atomic E-state index is -0.767. The number of nitrogens with zero attached hydrogens (tertiary/aromatic N) is 3. The summed E-state index contributed by atoms with van der Waals surface area (Å²) in [6, 6.07) is 6.01. The van der Waals surface area contributed by atoms with Crippen molar-refractivity contribution in [1.29, 1.82) is 0 Å². The van der Waals surface area contributed by atoms with Gasteiger partial charge in [0.15, 0.2) is 11.4 Å². The molecule has 3 N–H and O–H groups in total. The first-order valence-corrected chi connectivity index (χ1v) is 10.7. The molecule has 33 heavy (non-hydrogen) atoms. The smallest absolute Gasteiger partial charge is 0.270 e. The Balaban J connectivity index is 1.60. The van der Waals surface area contributed by atoms with E-state index in [4.69, 9.17) is 4.74 Å². The van der Waals surface area contributed by atoms with E-state index in [1.165, 1.54) is 28.0 Å². The molecule has 0 aliphatic heterocycles. The van der Waals surface area contributed by atoms with Crippen LogP contribution >= 0.6 is 11.3 Å². The molecular formula is C22H20F2N4O4S. The Morgan fingerprint density at radius 3 is 2.67 bits per heavy atom. The number of fused-ring (bicyclic) bond motifs is 1. The minimum absolute atomic E-state index is 0.185. The molecule has 1 amide bonds. The third kappa shape index (κ3) is 4.56. The Bertz CT molecular complexity index is 1290. The Morgan fingerprint density at radius 1 is 1.24 bits per heavy atom. The summed E-state index contributed by atoms with van der Waals surface area (Å²) in [5.41, 5.74) is 0.698. The Morgan fingerprint density at radius 2 is 2.00 bits per heavy atom. The summed E-state index contributed by atoms with van der Waals surface area (Å²) in [5.74, 6) is -1.70. The summed E-state index contributed by atoms with van der Waals surface area (Å²) >= 11 is 1.18. The predicted octanol–water partition coefficient (Wildman–Crippen LogP) is 2.91.